The number of piperazine rings is 1. The van der Waals surface area contributed by atoms with Crippen molar-refractivity contribution in [2.75, 3.05) is 26.7 Å². The van der Waals surface area contributed by atoms with Gasteiger partial charge in [0.2, 0.25) is 5.91 Å². The molecule has 36 heavy (non-hydrogen) atoms. The third-order valence-corrected chi connectivity index (χ3v) is 7.93. The van der Waals surface area contributed by atoms with E-state index in [-0.39, 0.29) is 30.0 Å². The largest absolute Gasteiger partial charge is 0.496 e. The van der Waals surface area contributed by atoms with Gasteiger partial charge in [-0.1, -0.05) is 31.0 Å². The first-order valence-corrected chi connectivity index (χ1v) is 13.3. The van der Waals surface area contributed by atoms with Gasteiger partial charge in [-0.2, -0.15) is 0 Å². The van der Waals surface area contributed by atoms with E-state index in [2.05, 4.69) is 16.7 Å². The second-order valence-corrected chi connectivity index (χ2v) is 10.5. The maximum absolute atomic E-state index is 14.6. The van der Waals surface area contributed by atoms with Gasteiger partial charge in [-0.05, 0) is 73.6 Å². The fourth-order valence-corrected chi connectivity index (χ4v) is 5.78. The number of para-hydroxylation sites is 1. The van der Waals surface area contributed by atoms with Crippen LogP contribution in [0.4, 0.5) is 4.39 Å². The Hall–Kier alpha value is -2.73. The van der Waals surface area contributed by atoms with Crippen LogP contribution in [0.3, 0.4) is 0 Å². The number of halogens is 1. The van der Waals surface area contributed by atoms with Crippen LogP contribution in [-0.2, 0) is 29.0 Å². The van der Waals surface area contributed by atoms with Crippen LogP contribution in [-0.4, -0.2) is 54.3 Å². The van der Waals surface area contributed by atoms with Gasteiger partial charge in [0, 0.05) is 51.0 Å². The standard InChI is InChI=1S/C30H39FN2O3/c1-21-19-32(14-15-33(21)30(35)24-9-4-5-10-24)20-26-17-27(31)16-25(22(26)2)18-28(34)13-12-23-8-6-7-11-29(23)36-3/h6-8,11,16-17,21,24H,4-5,9-10,12-15,18-20H2,1-3H3/t21-/m0/s1. The van der Waals surface area contributed by atoms with Crippen molar-refractivity contribution in [2.24, 2.45) is 5.92 Å². The van der Waals surface area contributed by atoms with Gasteiger partial charge in [0.05, 0.1) is 7.11 Å². The molecule has 5 nitrogen and oxygen atoms in total. The third kappa shape index (κ3) is 6.33. The molecule has 0 aromatic heterocycles. The van der Waals surface area contributed by atoms with Crippen LogP contribution in [0.5, 0.6) is 5.75 Å². The van der Waals surface area contributed by atoms with E-state index in [1.807, 2.05) is 31.2 Å². The molecular formula is C30H39FN2O3. The zero-order chi connectivity index (χ0) is 25.7. The van der Waals surface area contributed by atoms with Gasteiger partial charge >= 0.3 is 0 Å². The van der Waals surface area contributed by atoms with E-state index < -0.39 is 0 Å². The van der Waals surface area contributed by atoms with Crippen LogP contribution in [0.15, 0.2) is 36.4 Å². The Balaban J connectivity index is 1.36. The highest BCUT2D eigenvalue weighted by molar-refractivity contribution is 5.81. The molecule has 1 aliphatic heterocycles. The first-order chi connectivity index (χ1) is 17.4. The molecule has 0 radical (unpaired) electrons. The highest BCUT2D eigenvalue weighted by atomic mass is 19.1. The van der Waals surface area contributed by atoms with Crippen molar-refractivity contribution >= 4 is 11.7 Å². The predicted molar refractivity (Wildman–Crippen MR) is 140 cm³/mol. The number of ether oxygens (including phenoxy) is 1. The molecule has 0 unspecified atom stereocenters. The predicted octanol–water partition coefficient (Wildman–Crippen LogP) is 5.11. The van der Waals surface area contributed by atoms with Crippen LogP contribution in [0, 0.1) is 18.7 Å². The lowest BCUT2D eigenvalue weighted by atomic mass is 9.95. The monoisotopic (exact) mass is 494 g/mol. The quantitative estimate of drug-likeness (QED) is 0.486. The minimum absolute atomic E-state index is 0.0909. The van der Waals surface area contributed by atoms with E-state index >= 15 is 0 Å². The van der Waals surface area contributed by atoms with Crippen LogP contribution in [0.1, 0.15) is 61.3 Å². The van der Waals surface area contributed by atoms with Crippen molar-refractivity contribution in [1.29, 1.82) is 0 Å². The summed E-state index contributed by atoms with van der Waals surface area (Å²) in [7, 11) is 1.63. The molecule has 1 aliphatic carbocycles. The molecule has 2 fully saturated rings. The van der Waals surface area contributed by atoms with Gasteiger partial charge in [-0.25, -0.2) is 4.39 Å². The summed E-state index contributed by atoms with van der Waals surface area (Å²) in [5.41, 5.74) is 3.67. The van der Waals surface area contributed by atoms with Gasteiger partial charge in [0.25, 0.3) is 0 Å². The summed E-state index contributed by atoms with van der Waals surface area (Å²) in [6, 6.07) is 11.0. The average Bonchev–Trinajstić information content (AvgIpc) is 3.40. The topological polar surface area (TPSA) is 49.9 Å². The van der Waals surface area contributed by atoms with Crippen LogP contribution in [0.2, 0.25) is 0 Å². The molecule has 6 heteroatoms. The summed E-state index contributed by atoms with van der Waals surface area (Å²) in [4.78, 5) is 30.1. The van der Waals surface area contributed by atoms with Gasteiger partial charge in [0.15, 0.2) is 0 Å². The lowest BCUT2D eigenvalue weighted by molar-refractivity contribution is -0.140. The van der Waals surface area contributed by atoms with E-state index in [0.29, 0.717) is 25.3 Å². The molecule has 2 aromatic rings. The summed E-state index contributed by atoms with van der Waals surface area (Å²) < 4.78 is 20.0. The van der Waals surface area contributed by atoms with E-state index in [1.54, 1.807) is 13.2 Å². The van der Waals surface area contributed by atoms with Crippen molar-refractivity contribution in [3.8, 4) is 5.75 Å². The number of carbonyl (C=O) groups excluding carboxylic acids is 2. The summed E-state index contributed by atoms with van der Waals surface area (Å²) in [6.07, 6.45) is 5.59. The summed E-state index contributed by atoms with van der Waals surface area (Å²) in [6.45, 7) is 7.01. The Morgan fingerprint density at radius 3 is 2.50 bits per heavy atom. The van der Waals surface area contributed by atoms with Crippen molar-refractivity contribution in [1.82, 2.24) is 9.80 Å². The Morgan fingerprint density at radius 1 is 1.06 bits per heavy atom. The molecule has 0 bridgehead atoms. The van der Waals surface area contributed by atoms with E-state index in [0.717, 1.165) is 73.3 Å². The van der Waals surface area contributed by atoms with Crippen molar-refractivity contribution in [3.05, 3.63) is 64.5 Å². The second-order valence-electron chi connectivity index (χ2n) is 10.5. The number of methoxy groups -OCH3 is 1. The molecule has 0 N–H and O–H groups in total. The zero-order valence-electron chi connectivity index (χ0n) is 21.9. The Labute approximate surface area is 214 Å². The number of rotatable bonds is 9. The molecule has 1 saturated carbocycles. The number of ketones is 1. The summed E-state index contributed by atoms with van der Waals surface area (Å²) >= 11 is 0. The SMILES string of the molecule is COc1ccccc1CCC(=O)Cc1cc(F)cc(CN2CCN(C(=O)C3CCCC3)[C@@H](C)C2)c1C. The van der Waals surface area contributed by atoms with Gasteiger partial charge in [-0.3, -0.25) is 14.5 Å². The van der Waals surface area contributed by atoms with Crippen LogP contribution >= 0.6 is 0 Å². The van der Waals surface area contributed by atoms with E-state index in [4.69, 9.17) is 4.74 Å². The number of hydrogen-bond donors (Lipinski definition) is 0. The lowest BCUT2D eigenvalue weighted by Gasteiger charge is -2.41. The summed E-state index contributed by atoms with van der Waals surface area (Å²) in [5, 5.41) is 0. The molecule has 4 rings (SSSR count). The fraction of sp³-hybridized carbons (Fsp3) is 0.533. The molecule has 1 atom stereocenters. The smallest absolute Gasteiger partial charge is 0.226 e. The van der Waals surface area contributed by atoms with Crippen molar-refractivity contribution < 1.29 is 18.7 Å². The van der Waals surface area contributed by atoms with Crippen LogP contribution < -0.4 is 4.74 Å². The highest BCUT2D eigenvalue weighted by Crippen LogP contribution is 2.28. The van der Waals surface area contributed by atoms with Gasteiger partial charge in [-0.15, -0.1) is 0 Å². The molecule has 194 valence electrons. The first kappa shape index (κ1) is 26.3. The van der Waals surface area contributed by atoms with Crippen molar-refractivity contribution in [3.63, 3.8) is 0 Å². The molecule has 1 saturated heterocycles. The first-order valence-electron chi connectivity index (χ1n) is 13.3. The number of Topliss-reactive ketones (excluding diaryl/α,β-unsaturated/α-hetero) is 1. The fourth-order valence-electron chi connectivity index (χ4n) is 5.78. The number of aryl methyl sites for hydroxylation is 1. The lowest BCUT2D eigenvalue weighted by Crippen LogP contribution is -2.54. The molecule has 2 aliphatic rings. The van der Waals surface area contributed by atoms with Crippen molar-refractivity contribution in [2.45, 2.75) is 71.4 Å². The Kier molecular flexibility index (Phi) is 8.78. The van der Waals surface area contributed by atoms with E-state index in [9.17, 15) is 14.0 Å². The maximum atomic E-state index is 14.6. The average molecular weight is 495 g/mol. The highest BCUT2D eigenvalue weighted by Gasteiger charge is 2.33. The number of benzene rings is 2. The normalized spacial score (nSPS) is 19.0. The molecule has 1 amide bonds. The number of hydrogen-bond acceptors (Lipinski definition) is 4. The Morgan fingerprint density at radius 2 is 1.78 bits per heavy atom. The minimum Gasteiger partial charge on any atom is -0.496 e. The van der Waals surface area contributed by atoms with Gasteiger partial charge in [0.1, 0.15) is 17.3 Å². The molecular weight excluding hydrogens is 455 g/mol. The molecule has 2 aromatic carbocycles. The zero-order valence-corrected chi connectivity index (χ0v) is 21.9. The van der Waals surface area contributed by atoms with Gasteiger partial charge < -0.3 is 9.64 Å². The number of amides is 1. The number of carbonyl (C=O) groups is 2. The molecule has 0 spiro atoms. The second kappa shape index (κ2) is 12.0. The maximum Gasteiger partial charge on any atom is 0.226 e. The van der Waals surface area contributed by atoms with E-state index in [1.165, 1.54) is 6.07 Å². The molecule has 1 heterocycles. The minimum atomic E-state index is -0.300. The summed E-state index contributed by atoms with van der Waals surface area (Å²) in [5.74, 6) is 1.09. The number of nitrogens with zero attached hydrogens (tertiary/aromatic N) is 2. The van der Waals surface area contributed by atoms with Crippen LogP contribution in [0.25, 0.3) is 0 Å². The third-order valence-electron chi connectivity index (χ3n) is 7.93. The Bertz CT molecular complexity index is 1080.